The monoisotopic (exact) mass is 462 g/mol. The third-order valence-corrected chi connectivity index (χ3v) is 6.35. The average molecular weight is 463 g/mol. The van der Waals surface area contributed by atoms with E-state index in [0.717, 1.165) is 6.26 Å². The van der Waals surface area contributed by atoms with Gasteiger partial charge in [-0.05, 0) is 24.6 Å². The summed E-state index contributed by atoms with van der Waals surface area (Å²) in [5.74, 6) is 0.363. The lowest BCUT2D eigenvalue weighted by Crippen LogP contribution is -2.45. The van der Waals surface area contributed by atoms with Gasteiger partial charge in [0.25, 0.3) is 5.91 Å². The molecule has 0 unspecified atom stereocenters. The fraction of sp³-hybridized carbons (Fsp3) is 0.364. The Morgan fingerprint density at radius 3 is 2.19 bits per heavy atom. The van der Waals surface area contributed by atoms with Crippen LogP contribution < -0.4 is 14.2 Å². The number of ether oxygens (including phenoxy) is 3. The van der Waals surface area contributed by atoms with Crippen molar-refractivity contribution < 1.29 is 32.2 Å². The van der Waals surface area contributed by atoms with E-state index >= 15 is 0 Å². The van der Waals surface area contributed by atoms with E-state index in [1.165, 1.54) is 43.5 Å². The lowest BCUT2D eigenvalue weighted by Gasteiger charge is -2.29. The molecule has 0 atom stereocenters. The highest BCUT2D eigenvalue weighted by Crippen LogP contribution is 2.40. The lowest BCUT2D eigenvalue weighted by atomic mass is 10.1. The molecule has 1 saturated heterocycles. The van der Waals surface area contributed by atoms with Crippen LogP contribution in [0.4, 0.5) is 0 Å². The lowest BCUT2D eigenvalue weighted by molar-refractivity contribution is -0.139. The van der Waals surface area contributed by atoms with E-state index in [1.807, 2.05) is 0 Å². The summed E-state index contributed by atoms with van der Waals surface area (Å²) in [6.45, 7) is 0.660. The molecule has 2 aromatic rings. The van der Waals surface area contributed by atoms with Gasteiger partial charge in [-0.3, -0.25) is 14.6 Å². The Hall–Kier alpha value is -3.27. The first-order valence-electron chi connectivity index (χ1n) is 9.92. The van der Waals surface area contributed by atoms with Crippen LogP contribution in [0.15, 0.2) is 41.3 Å². The van der Waals surface area contributed by atoms with E-state index in [-0.39, 0.29) is 22.8 Å². The molecule has 32 heavy (non-hydrogen) atoms. The van der Waals surface area contributed by atoms with Crippen LogP contribution in [0.3, 0.4) is 0 Å². The number of sulfone groups is 1. The molecule has 2 aromatic carbocycles. The van der Waals surface area contributed by atoms with Gasteiger partial charge in [0.05, 0.1) is 38.2 Å². The molecule has 0 bridgehead atoms. The number of hydrogen-bond donors (Lipinski definition) is 0. The van der Waals surface area contributed by atoms with Crippen molar-refractivity contribution in [3.63, 3.8) is 0 Å². The summed E-state index contributed by atoms with van der Waals surface area (Å²) in [6, 6.07) is 9.39. The Bertz CT molecular complexity index is 1130. The number of hydrazine groups is 1. The van der Waals surface area contributed by atoms with Crippen LogP contribution in [0.5, 0.6) is 17.2 Å². The van der Waals surface area contributed by atoms with Gasteiger partial charge >= 0.3 is 0 Å². The van der Waals surface area contributed by atoms with Crippen molar-refractivity contribution in [1.82, 2.24) is 10.0 Å². The average Bonchev–Trinajstić information content (AvgIpc) is 3.27. The minimum atomic E-state index is -3.61. The Balaban J connectivity index is 1.89. The molecule has 2 amide bonds. The molecule has 10 heteroatoms. The molecule has 1 fully saturated rings. The van der Waals surface area contributed by atoms with Crippen LogP contribution in [-0.2, 0) is 21.1 Å². The number of rotatable bonds is 7. The highest BCUT2D eigenvalue weighted by atomic mass is 32.2. The van der Waals surface area contributed by atoms with E-state index in [9.17, 15) is 18.0 Å². The summed E-state index contributed by atoms with van der Waals surface area (Å²) in [7, 11) is 0.843. The maximum Gasteiger partial charge on any atom is 0.273 e. The summed E-state index contributed by atoms with van der Waals surface area (Å²) in [4.78, 5) is 26.3. The second-order valence-electron chi connectivity index (χ2n) is 7.24. The Morgan fingerprint density at radius 2 is 1.56 bits per heavy atom. The molecular formula is C22H26N2O7S. The van der Waals surface area contributed by atoms with Crippen molar-refractivity contribution in [2.24, 2.45) is 0 Å². The van der Waals surface area contributed by atoms with Crippen LogP contribution in [0.25, 0.3) is 0 Å². The molecular weight excluding hydrogens is 436 g/mol. The van der Waals surface area contributed by atoms with Gasteiger partial charge in [0, 0.05) is 24.9 Å². The van der Waals surface area contributed by atoms with Crippen molar-refractivity contribution >= 4 is 21.7 Å². The first kappa shape index (κ1) is 23.4. The van der Waals surface area contributed by atoms with Crippen LogP contribution in [0.2, 0.25) is 0 Å². The summed E-state index contributed by atoms with van der Waals surface area (Å²) in [5, 5.41) is 2.66. The van der Waals surface area contributed by atoms with Crippen LogP contribution in [-0.4, -0.2) is 70.9 Å². The number of nitrogens with zero attached hydrogens (tertiary/aromatic N) is 2. The standard InChI is InChI=1S/C22H26N2O7S/c1-29-17-11-10-15(20(30-2)21(17)31-3)14-19(25)23-12-7-13-24(23)22(26)16-8-5-6-9-18(16)32(4,27)28/h5-6,8-11H,7,12-14H2,1-4H3. The van der Waals surface area contributed by atoms with Crippen LogP contribution in [0.1, 0.15) is 22.3 Å². The largest absolute Gasteiger partial charge is 0.493 e. The SMILES string of the molecule is COc1ccc(CC(=O)N2CCCN2C(=O)c2ccccc2S(C)(=O)=O)c(OC)c1OC. The van der Waals surface area contributed by atoms with Gasteiger partial charge in [-0.2, -0.15) is 0 Å². The van der Waals surface area contributed by atoms with E-state index in [0.29, 0.717) is 42.3 Å². The Morgan fingerprint density at radius 1 is 0.906 bits per heavy atom. The van der Waals surface area contributed by atoms with Gasteiger partial charge in [0.2, 0.25) is 11.7 Å². The molecule has 0 aromatic heterocycles. The first-order chi connectivity index (χ1) is 15.2. The van der Waals surface area contributed by atoms with Gasteiger partial charge < -0.3 is 14.2 Å². The quantitative estimate of drug-likeness (QED) is 0.620. The van der Waals surface area contributed by atoms with E-state index in [2.05, 4.69) is 0 Å². The minimum Gasteiger partial charge on any atom is -0.493 e. The third kappa shape index (κ3) is 4.50. The number of carbonyl (C=O) groups excluding carboxylic acids is 2. The van der Waals surface area contributed by atoms with E-state index in [1.54, 1.807) is 24.3 Å². The molecule has 1 aliphatic heterocycles. The normalized spacial score (nSPS) is 13.8. The van der Waals surface area contributed by atoms with Crippen molar-refractivity contribution in [2.45, 2.75) is 17.7 Å². The maximum absolute atomic E-state index is 13.2. The summed E-state index contributed by atoms with van der Waals surface area (Å²) < 4.78 is 40.3. The van der Waals surface area contributed by atoms with E-state index in [4.69, 9.17) is 14.2 Å². The van der Waals surface area contributed by atoms with Crippen molar-refractivity contribution in [3.8, 4) is 17.2 Å². The summed E-state index contributed by atoms with van der Waals surface area (Å²) in [5.41, 5.74) is 0.615. The molecule has 1 aliphatic rings. The number of amides is 2. The highest BCUT2D eigenvalue weighted by Gasteiger charge is 2.34. The van der Waals surface area contributed by atoms with Gasteiger partial charge in [-0.1, -0.05) is 18.2 Å². The van der Waals surface area contributed by atoms with Crippen LogP contribution >= 0.6 is 0 Å². The number of carbonyl (C=O) groups is 2. The third-order valence-electron chi connectivity index (χ3n) is 5.20. The topological polar surface area (TPSA) is 102 Å². The zero-order valence-corrected chi connectivity index (χ0v) is 19.3. The molecule has 3 rings (SSSR count). The van der Waals surface area contributed by atoms with Gasteiger partial charge in [0.1, 0.15) is 0 Å². The van der Waals surface area contributed by atoms with Gasteiger partial charge in [0.15, 0.2) is 21.3 Å². The fourth-order valence-corrected chi connectivity index (χ4v) is 4.63. The second-order valence-corrected chi connectivity index (χ2v) is 9.22. The molecule has 0 radical (unpaired) electrons. The number of methoxy groups -OCH3 is 3. The molecule has 0 spiro atoms. The molecule has 0 aliphatic carbocycles. The van der Waals surface area contributed by atoms with Gasteiger partial charge in [-0.25, -0.2) is 13.4 Å². The molecule has 172 valence electrons. The molecule has 9 nitrogen and oxygen atoms in total. The van der Waals surface area contributed by atoms with Crippen LogP contribution in [0, 0.1) is 0 Å². The highest BCUT2D eigenvalue weighted by molar-refractivity contribution is 7.90. The second kappa shape index (κ2) is 9.47. The zero-order valence-electron chi connectivity index (χ0n) is 18.5. The smallest absolute Gasteiger partial charge is 0.273 e. The Kier molecular flexibility index (Phi) is 6.93. The summed E-state index contributed by atoms with van der Waals surface area (Å²) in [6.07, 6.45) is 1.60. The first-order valence-corrected chi connectivity index (χ1v) is 11.8. The van der Waals surface area contributed by atoms with E-state index < -0.39 is 15.7 Å². The molecule has 0 N–H and O–H groups in total. The fourth-order valence-electron chi connectivity index (χ4n) is 3.74. The van der Waals surface area contributed by atoms with Crippen molar-refractivity contribution in [3.05, 3.63) is 47.5 Å². The summed E-state index contributed by atoms with van der Waals surface area (Å²) >= 11 is 0. The molecule has 0 saturated carbocycles. The van der Waals surface area contributed by atoms with Gasteiger partial charge in [-0.15, -0.1) is 0 Å². The predicted molar refractivity (Wildman–Crippen MR) is 117 cm³/mol. The molecule has 1 heterocycles. The van der Waals surface area contributed by atoms with Crippen molar-refractivity contribution in [1.29, 1.82) is 0 Å². The maximum atomic E-state index is 13.2. The Labute approximate surface area is 187 Å². The zero-order chi connectivity index (χ0) is 23.5. The number of hydrogen-bond acceptors (Lipinski definition) is 7. The number of benzene rings is 2. The predicted octanol–water partition coefficient (Wildman–Crippen LogP) is 1.95. The minimum absolute atomic E-state index is 0.0402. The van der Waals surface area contributed by atoms with Crippen molar-refractivity contribution in [2.75, 3.05) is 40.7 Å².